The van der Waals surface area contributed by atoms with Crippen molar-refractivity contribution >= 4 is 0 Å². The van der Waals surface area contributed by atoms with Gasteiger partial charge < -0.3 is 15.1 Å². The van der Waals surface area contributed by atoms with Gasteiger partial charge in [-0.15, -0.1) is 0 Å². The number of hydrogen-bond donors (Lipinski definition) is 1. The van der Waals surface area contributed by atoms with Gasteiger partial charge in [-0.25, -0.2) is 0 Å². The van der Waals surface area contributed by atoms with E-state index in [4.69, 9.17) is 0 Å². The maximum Gasteiger partial charge on any atom is 0.0218 e. The molecule has 0 spiro atoms. The van der Waals surface area contributed by atoms with Gasteiger partial charge in [-0.3, -0.25) is 0 Å². The Balaban J connectivity index is 2.12. The lowest BCUT2D eigenvalue weighted by Gasteiger charge is -2.35. The molecular weight excluding hydrogens is 198 g/mol. The molecule has 0 aromatic carbocycles. The summed E-state index contributed by atoms with van der Waals surface area (Å²) in [5, 5.41) is 3.61. The second-order valence-corrected chi connectivity index (χ2v) is 5.62. The standard InChI is InChI=1S/C13H29N3/c1-12(2)13-11-16(10-7-14-13)9-6-5-8-15(3)4/h12-14H,5-11H2,1-4H3. The summed E-state index contributed by atoms with van der Waals surface area (Å²) in [6.07, 6.45) is 2.66. The summed E-state index contributed by atoms with van der Waals surface area (Å²) in [6, 6.07) is 0.697. The van der Waals surface area contributed by atoms with Gasteiger partial charge in [0.2, 0.25) is 0 Å². The molecule has 0 amide bonds. The second-order valence-electron chi connectivity index (χ2n) is 5.62. The van der Waals surface area contributed by atoms with Gasteiger partial charge >= 0.3 is 0 Å². The fourth-order valence-electron chi connectivity index (χ4n) is 2.26. The number of piperazine rings is 1. The largest absolute Gasteiger partial charge is 0.311 e. The van der Waals surface area contributed by atoms with Crippen LogP contribution < -0.4 is 5.32 Å². The van der Waals surface area contributed by atoms with Crippen LogP contribution in [0.2, 0.25) is 0 Å². The summed E-state index contributed by atoms with van der Waals surface area (Å²) in [5.74, 6) is 0.754. The highest BCUT2D eigenvalue weighted by molar-refractivity contribution is 4.80. The molecule has 1 N–H and O–H groups in total. The van der Waals surface area contributed by atoms with Crippen LogP contribution in [0.15, 0.2) is 0 Å². The van der Waals surface area contributed by atoms with E-state index in [-0.39, 0.29) is 0 Å². The Labute approximate surface area is 101 Å². The summed E-state index contributed by atoms with van der Waals surface area (Å²) in [6.45, 7) is 10.8. The van der Waals surface area contributed by atoms with Crippen LogP contribution in [-0.2, 0) is 0 Å². The minimum atomic E-state index is 0.697. The van der Waals surface area contributed by atoms with Crippen molar-refractivity contribution in [3.05, 3.63) is 0 Å². The van der Waals surface area contributed by atoms with Gasteiger partial charge in [-0.1, -0.05) is 13.8 Å². The van der Waals surface area contributed by atoms with Crippen molar-refractivity contribution in [3.8, 4) is 0 Å². The van der Waals surface area contributed by atoms with E-state index in [2.05, 4.69) is 43.1 Å². The van der Waals surface area contributed by atoms with E-state index in [1.807, 2.05) is 0 Å². The minimum Gasteiger partial charge on any atom is -0.311 e. The first-order valence-corrected chi connectivity index (χ1v) is 6.70. The molecule has 1 fully saturated rings. The molecule has 3 heteroatoms. The fraction of sp³-hybridized carbons (Fsp3) is 1.00. The third-order valence-electron chi connectivity index (χ3n) is 3.42. The molecule has 1 aliphatic heterocycles. The molecule has 0 aromatic heterocycles. The number of rotatable bonds is 6. The van der Waals surface area contributed by atoms with Crippen LogP contribution in [-0.4, -0.2) is 62.7 Å². The molecule has 0 bridgehead atoms. The number of unbranched alkanes of at least 4 members (excludes halogenated alkanes) is 1. The van der Waals surface area contributed by atoms with E-state index in [0.717, 1.165) is 12.5 Å². The van der Waals surface area contributed by atoms with E-state index in [0.29, 0.717) is 6.04 Å². The Bertz CT molecular complexity index is 180. The topological polar surface area (TPSA) is 18.5 Å². The summed E-state index contributed by atoms with van der Waals surface area (Å²) in [7, 11) is 4.30. The van der Waals surface area contributed by atoms with Crippen molar-refractivity contribution in [3.63, 3.8) is 0 Å². The third-order valence-corrected chi connectivity index (χ3v) is 3.42. The van der Waals surface area contributed by atoms with Gasteiger partial charge in [0.15, 0.2) is 0 Å². The lowest BCUT2D eigenvalue weighted by molar-refractivity contribution is 0.171. The lowest BCUT2D eigenvalue weighted by Crippen LogP contribution is -2.52. The highest BCUT2D eigenvalue weighted by Gasteiger charge is 2.20. The summed E-state index contributed by atoms with van der Waals surface area (Å²) in [5.41, 5.74) is 0. The van der Waals surface area contributed by atoms with Crippen LogP contribution in [0, 0.1) is 5.92 Å². The molecule has 16 heavy (non-hydrogen) atoms. The first-order valence-electron chi connectivity index (χ1n) is 6.70. The average molecular weight is 227 g/mol. The number of hydrogen-bond acceptors (Lipinski definition) is 3. The molecular formula is C13H29N3. The monoisotopic (exact) mass is 227 g/mol. The van der Waals surface area contributed by atoms with Gasteiger partial charge in [-0.05, 0) is 45.9 Å². The Kier molecular flexibility index (Phi) is 6.32. The first-order chi connectivity index (χ1) is 7.59. The van der Waals surface area contributed by atoms with Crippen molar-refractivity contribution in [2.75, 3.05) is 46.8 Å². The van der Waals surface area contributed by atoms with Gasteiger partial charge in [0, 0.05) is 25.7 Å². The van der Waals surface area contributed by atoms with E-state index < -0.39 is 0 Å². The van der Waals surface area contributed by atoms with Crippen molar-refractivity contribution in [2.24, 2.45) is 5.92 Å². The minimum absolute atomic E-state index is 0.697. The molecule has 1 rings (SSSR count). The van der Waals surface area contributed by atoms with Crippen LogP contribution in [0.25, 0.3) is 0 Å². The van der Waals surface area contributed by atoms with E-state index in [1.165, 1.54) is 39.0 Å². The molecule has 1 saturated heterocycles. The second kappa shape index (κ2) is 7.25. The highest BCUT2D eigenvalue weighted by Crippen LogP contribution is 2.08. The van der Waals surface area contributed by atoms with E-state index in [9.17, 15) is 0 Å². The Morgan fingerprint density at radius 1 is 1.31 bits per heavy atom. The molecule has 1 unspecified atom stereocenters. The Morgan fingerprint density at radius 2 is 2.06 bits per heavy atom. The summed E-state index contributed by atoms with van der Waals surface area (Å²) >= 11 is 0. The van der Waals surface area contributed by atoms with Crippen LogP contribution in [0.3, 0.4) is 0 Å². The van der Waals surface area contributed by atoms with Crippen LogP contribution >= 0.6 is 0 Å². The Hall–Kier alpha value is -0.120. The van der Waals surface area contributed by atoms with E-state index in [1.54, 1.807) is 0 Å². The average Bonchev–Trinajstić information content (AvgIpc) is 2.24. The molecule has 1 atom stereocenters. The zero-order chi connectivity index (χ0) is 12.0. The van der Waals surface area contributed by atoms with Crippen LogP contribution in [0.4, 0.5) is 0 Å². The summed E-state index contributed by atoms with van der Waals surface area (Å²) < 4.78 is 0. The maximum atomic E-state index is 3.61. The van der Waals surface area contributed by atoms with Gasteiger partial charge in [-0.2, -0.15) is 0 Å². The van der Waals surface area contributed by atoms with Gasteiger partial charge in [0.1, 0.15) is 0 Å². The lowest BCUT2D eigenvalue weighted by atomic mass is 10.0. The van der Waals surface area contributed by atoms with Gasteiger partial charge in [0.05, 0.1) is 0 Å². The molecule has 1 aliphatic rings. The highest BCUT2D eigenvalue weighted by atomic mass is 15.2. The molecule has 0 saturated carbocycles. The molecule has 0 aromatic rings. The molecule has 1 heterocycles. The Morgan fingerprint density at radius 3 is 2.69 bits per heavy atom. The quantitative estimate of drug-likeness (QED) is 0.689. The number of nitrogens with zero attached hydrogens (tertiary/aromatic N) is 2. The van der Waals surface area contributed by atoms with E-state index >= 15 is 0 Å². The van der Waals surface area contributed by atoms with Crippen molar-refractivity contribution < 1.29 is 0 Å². The molecule has 0 aliphatic carbocycles. The fourth-order valence-corrected chi connectivity index (χ4v) is 2.26. The zero-order valence-corrected chi connectivity index (χ0v) is 11.5. The summed E-state index contributed by atoms with van der Waals surface area (Å²) in [4.78, 5) is 4.89. The third kappa shape index (κ3) is 5.28. The zero-order valence-electron chi connectivity index (χ0n) is 11.5. The molecule has 3 nitrogen and oxygen atoms in total. The smallest absolute Gasteiger partial charge is 0.0218 e. The SMILES string of the molecule is CC(C)C1CN(CCCCN(C)C)CCN1. The predicted molar refractivity (Wildman–Crippen MR) is 70.9 cm³/mol. The molecule has 0 radical (unpaired) electrons. The van der Waals surface area contributed by atoms with Crippen molar-refractivity contribution in [1.82, 2.24) is 15.1 Å². The predicted octanol–water partition coefficient (Wildman–Crippen LogP) is 1.26. The van der Waals surface area contributed by atoms with Crippen LogP contribution in [0.1, 0.15) is 26.7 Å². The van der Waals surface area contributed by atoms with Crippen molar-refractivity contribution in [1.29, 1.82) is 0 Å². The van der Waals surface area contributed by atoms with Gasteiger partial charge in [0.25, 0.3) is 0 Å². The first kappa shape index (κ1) is 13.9. The normalized spacial score (nSPS) is 23.2. The molecule has 96 valence electrons. The van der Waals surface area contributed by atoms with Crippen molar-refractivity contribution in [2.45, 2.75) is 32.7 Å². The maximum absolute atomic E-state index is 3.61. The number of nitrogens with one attached hydrogen (secondary N) is 1. The van der Waals surface area contributed by atoms with Crippen LogP contribution in [0.5, 0.6) is 0 Å².